The maximum absolute atomic E-state index is 12.7. The number of hydrogen-bond donors (Lipinski definition) is 2. The van der Waals surface area contributed by atoms with Crippen LogP contribution in [0.2, 0.25) is 0 Å². The molecule has 0 radical (unpaired) electrons. The summed E-state index contributed by atoms with van der Waals surface area (Å²) in [6.07, 6.45) is 3.24. The summed E-state index contributed by atoms with van der Waals surface area (Å²) in [4.78, 5) is 12.7. The molecule has 0 unspecified atom stereocenters. The summed E-state index contributed by atoms with van der Waals surface area (Å²) in [6.45, 7) is 6.17. The summed E-state index contributed by atoms with van der Waals surface area (Å²) in [5, 5.41) is 23.0. The lowest BCUT2D eigenvalue weighted by atomic mass is 9.40. The Kier molecular flexibility index (Phi) is 2.86. The van der Waals surface area contributed by atoms with Gasteiger partial charge in [-0.05, 0) is 30.2 Å². The van der Waals surface area contributed by atoms with Crippen molar-refractivity contribution in [1.82, 2.24) is 0 Å². The number of hydrogen-bond acceptors (Lipinski definition) is 5. The van der Waals surface area contributed by atoms with Crippen molar-refractivity contribution in [1.29, 1.82) is 0 Å². The molecule has 1 aromatic heterocycles. The second kappa shape index (κ2) is 4.49. The first-order chi connectivity index (χ1) is 11.7. The first-order valence-corrected chi connectivity index (χ1v) is 9.38. The number of aliphatic hydroxyl groups is 2. The first-order valence-electron chi connectivity index (χ1n) is 9.38. The predicted octanol–water partition coefficient (Wildman–Crippen LogP) is 2.40. The van der Waals surface area contributed by atoms with E-state index in [0.29, 0.717) is 19.3 Å². The Morgan fingerprint density at radius 2 is 2.04 bits per heavy atom. The maximum atomic E-state index is 12.7. The fourth-order valence-electron chi connectivity index (χ4n) is 6.77. The van der Waals surface area contributed by atoms with Crippen molar-refractivity contribution in [3.8, 4) is 0 Å². The maximum Gasteiger partial charge on any atom is 0.314 e. The summed E-state index contributed by atoms with van der Waals surface area (Å²) < 4.78 is 11.4. The lowest BCUT2D eigenvalue weighted by Gasteiger charge is -2.67. The van der Waals surface area contributed by atoms with Crippen molar-refractivity contribution < 1.29 is 24.2 Å². The van der Waals surface area contributed by atoms with Gasteiger partial charge in [0.1, 0.15) is 11.9 Å². The van der Waals surface area contributed by atoms with E-state index in [1.807, 2.05) is 13.0 Å². The monoisotopic (exact) mass is 346 g/mol. The topological polar surface area (TPSA) is 79.9 Å². The Morgan fingerprint density at radius 3 is 2.80 bits per heavy atom. The van der Waals surface area contributed by atoms with Crippen LogP contribution in [-0.2, 0) is 16.0 Å². The van der Waals surface area contributed by atoms with Gasteiger partial charge in [-0.2, -0.15) is 0 Å². The van der Waals surface area contributed by atoms with Gasteiger partial charge in [0.2, 0.25) is 0 Å². The molecule has 0 amide bonds. The van der Waals surface area contributed by atoms with Crippen molar-refractivity contribution in [3.05, 3.63) is 23.7 Å². The highest BCUT2D eigenvalue weighted by Gasteiger charge is 2.73. The largest absolute Gasteiger partial charge is 0.469 e. The molecule has 4 aliphatic rings. The number of ether oxygens (including phenoxy) is 1. The van der Waals surface area contributed by atoms with E-state index in [9.17, 15) is 15.0 Å². The van der Waals surface area contributed by atoms with E-state index < -0.39 is 17.1 Å². The highest BCUT2D eigenvalue weighted by atomic mass is 16.6. The van der Waals surface area contributed by atoms with Crippen LogP contribution < -0.4 is 0 Å². The van der Waals surface area contributed by atoms with Crippen LogP contribution in [0.15, 0.2) is 16.7 Å². The molecule has 5 nitrogen and oxygen atoms in total. The van der Waals surface area contributed by atoms with Crippen LogP contribution in [0, 0.1) is 22.7 Å². The molecule has 2 N–H and O–H groups in total. The number of furan rings is 1. The zero-order chi connectivity index (χ0) is 17.8. The number of rotatable bonds is 0. The van der Waals surface area contributed by atoms with Gasteiger partial charge in [0, 0.05) is 29.7 Å². The van der Waals surface area contributed by atoms with E-state index in [4.69, 9.17) is 9.15 Å². The number of fused-ring (bicyclic) bond motifs is 4. The Hall–Kier alpha value is -1.33. The second-order valence-corrected chi connectivity index (χ2v) is 9.43. The quantitative estimate of drug-likeness (QED) is 0.705. The Balaban J connectivity index is 1.72. The highest BCUT2D eigenvalue weighted by molar-refractivity contribution is 5.82. The van der Waals surface area contributed by atoms with Crippen molar-refractivity contribution in [2.45, 2.75) is 70.2 Å². The molecule has 0 spiro atoms. The van der Waals surface area contributed by atoms with Crippen LogP contribution in [0.4, 0.5) is 0 Å². The minimum atomic E-state index is -1.08. The average molecular weight is 346 g/mol. The molecule has 25 heavy (non-hydrogen) atoms. The van der Waals surface area contributed by atoms with Crippen LogP contribution in [0.3, 0.4) is 0 Å². The van der Waals surface area contributed by atoms with Crippen LogP contribution in [-0.4, -0.2) is 34.0 Å². The average Bonchev–Trinajstić information content (AvgIpc) is 3.13. The molecule has 2 saturated carbocycles. The van der Waals surface area contributed by atoms with Gasteiger partial charge in [0.25, 0.3) is 0 Å². The lowest BCUT2D eigenvalue weighted by Crippen LogP contribution is -2.72. The van der Waals surface area contributed by atoms with E-state index in [2.05, 4.69) is 13.8 Å². The fourth-order valence-corrected chi connectivity index (χ4v) is 6.77. The highest BCUT2D eigenvalue weighted by Crippen LogP contribution is 2.68. The molecule has 5 rings (SSSR count). The summed E-state index contributed by atoms with van der Waals surface area (Å²) in [5.41, 5.74) is -1.18. The minimum Gasteiger partial charge on any atom is -0.469 e. The Bertz CT molecular complexity index is 751. The second-order valence-electron chi connectivity index (χ2n) is 9.43. The van der Waals surface area contributed by atoms with Gasteiger partial charge in [0.05, 0.1) is 23.9 Å². The predicted molar refractivity (Wildman–Crippen MR) is 88.7 cm³/mol. The molecular formula is C20H26O5. The third-order valence-corrected chi connectivity index (χ3v) is 8.33. The molecule has 0 bridgehead atoms. The third kappa shape index (κ3) is 1.61. The molecular weight excluding hydrogens is 320 g/mol. The van der Waals surface area contributed by atoms with E-state index >= 15 is 0 Å². The third-order valence-electron chi connectivity index (χ3n) is 8.33. The zero-order valence-corrected chi connectivity index (χ0v) is 15.0. The fraction of sp³-hybridized carbons (Fsp3) is 0.750. The van der Waals surface area contributed by atoms with E-state index in [1.165, 1.54) is 0 Å². The van der Waals surface area contributed by atoms with Crippen molar-refractivity contribution >= 4 is 5.97 Å². The molecule has 5 heteroatoms. The van der Waals surface area contributed by atoms with Crippen molar-refractivity contribution in [3.63, 3.8) is 0 Å². The van der Waals surface area contributed by atoms with Crippen LogP contribution in [0.5, 0.6) is 0 Å². The summed E-state index contributed by atoms with van der Waals surface area (Å²) in [6, 6.07) is 1.88. The Labute approximate surface area is 147 Å². The van der Waals surface area contributed by atoms with Gasteiger partial charge in [0.15, 0.2) is 0 Å². The zero-order valence-electron chi connectivity index (χ0n) is 15.0. The molecule has 2 heterocycles. The smallest absolute Gasteiger partial charge is 0.314 e. The van der Waals surface area contributed by atoms with E-state index in [1.54, 1.807) is 6.26 Å². The normalized spacial score (nSPS) is 49.8. The summed E-state index contributed by atoms with van der Waals surface area (Å²) in [5.74, 6) is 0.244. The molecule has 1 saturated heterocycles. The lowest BCUT2D eigenvalue weighted by molar-refractivity contribution is -0.287. The molecule has 1 aliphatic heterocycles. The number of carbonyl (C=O) groups is 1. The van der Waals surface area contributed by atoms with Crippen molar-refractivity contribution in [2.24, 2.45) is 22.7 Å². The van der Waals surface area contributed by atoms with Crippen LogP contribution >= 0.6 is 0 Å². The van der Waals surface area contributed by atoms with Gasteiger partial charge in [-0.15, -0.1) is 0 Å². The molecule has 136 valence electrons. The van der Waals surface area contributed by atoms with Crippen molar-refractivity contribution in [2.75, 3.05) is 0 Å². The SMILES string of the molecule is CC1(C)CC[C@H](O)[C@]2(C)[C@H]3Cc4occc4[C@H]4C(=O)O[C@@H](C[C@@]12O)[C@@H]43. The van der Waals surface area contributed by atoms with Gasteiger partial charge < -0.3 is 19.4 Å². The number of aliphatic hydroxyl groups excluding tert-OH is 1. The number of esters is 1. The van der Waals surface area contributed by atoms with Crippen LogP contribution in [0.25, 0.3) is 0 Å². The number of carbonyl (C=O) groups excluding carboxylic acids is 1. The van der Waals surface area contributed by atoms with Gasteiger partial charge in [-0.25, -0.2) is 0 Å². The summed E-state index contributed by atoms with van der Waals surface area (Å²) >= 11 is 0. The minimum absolute atomic E-state index is 0.00595. The van der Waals surface area contributed by atoms with E-state index in [-0.39, 0.29) is 35.2 Å². The van der Waals surface area contributed by atoms with Gasteiger partial charge >= 0.3 is 5.97 Å². The van der Waals surface area contributed by atoms with Crippen LogP contribution in [0.1, 0.15) is 57.3 Å². The summed E-state index contributed by atoms with van der Waals surface area (Å²) in [7, 11) is 0. The molecule has 3 fully saturated rings. The standard InChI is InChI=1S/C20H26O5/c1-18(2)6-4-14(21)19(3)11-8-12-10(5-7-24-12)15-16(11)13(25-17(15)22)9-20(18,19)23/h5,7,11,13-16,21,23H,4,6,8-9H2,1-3H3/t11-,13-,14-,15+,16-,19-,20+/m0/s1. The molecule has 0 aromatic carbocycles. The molecule has 1 aromatic rings. The first kappa shape index (κ1) is 15.9. The molecule has 7 atom stereocenters. The van der Waals surface area contributed by atoms with E-state index in [0.717, 1.165) is 17.7 Å². The Morgan fingerprint density at radius 1 is 1.28 bits per heavy atom. The van der Waals surface area contributed by atoms with Gasteiger partial charge in [-0.1, -0.05) is 20.8 Å². The van der Waals surface area contributed by atoms with Gasteiger partial charge in [-0.3, -0.25) is 4.79 Å². The molecule has 3 aliphatic carbocycles.